The zero-order chi connectivity index (χ0) is 16.4. The van der Waals surface area contributed by atoms with E-state index in [1.807, 2.05) is 6.20 Å². The van der Waals surface area contributed by atoms with E-state index in [0.717, 1.165) is 50.8 Å². The Labute approximate surface area is 144 Å². The Balaban J connectivity index is 1.53. The van der Waals surface area contributed by atoms with E-state index in [0.29, 0.717) is 0 Å². The van der Waals surface area contributed by atoms with Crippen LogP contribution in [-0.2, 0) is 4.74 Å². The Kier molecular flexibility index (Phi) is 4.67. The van der Waals surface area contributed by atoms with Gasteiger partial charge in [-0.15, -0.1) is 0 Å². The Morgan fingerprint density at radius 3 is 2.92 bits per heavy atom. The minimum absolute atomic E-state index is 0.755. The molecule has 0 radical (unpaired) electrons. The summed E-state index contributed by atoms with van der Waals surface area (Å²) in [5.74, 6) is 0.755. The molecule has 4 rings (SSSR count). The Morgan fingerprint density at radius 1 is 1.17 bits per heavy atom. The molecule has 2 aromatic rings. The number of rotatable bonds is 3. The van der Waals surface area contributed by atoms with Gasteiger partial charge in [0.05, 0.1) is 18.7 Å². The molecule has 0 N–H and O–H groups in total. The summed E-state index contributed by atoms with van der Waals surface area (Å²) in [6.07, 6.45) is 4.59. The highest BCUT2D eigenvalue weighted by Crippen LogP contribution is 2.30. The second-order valence-corrected chi connectivity index (χ2v) is 7.17. The van der Waals surface area contributed by atoms with Crippen LogP contribution in [0.15, 0.2) is 30.5 Å². The normalized spacial score (nSPS) is 22.9. The van der Waals surface area contributed by atoms with Gasteiger partial charge in [-0.2, -0.15) is 0 Å². The van der Waals surface area contributed by atoms with Crippen molar-refractivity contribution in [1.82, 2.24) is 9.88 Å². The van der Waals surface area contributed by atoms with Crippen molar-refractivity contribution in [2.24, 2.45) is 5.92 Å². The summed E-state index contributed by atoms with van der Waals surface area (Å²) in [6, 6.07) is 8.71. The number of hydrogen-bond donors (Lipinski definition) is 0. The molecule has 4 nitrogen and oxygen atoms in total. The number of aromatic nitrogens is 1. The van der Waals surface area contributed by atoms with Crippen molar-refractivity contribution >= 4 is 16.6 Å². The van der Waals surface area contributed by atoms with Crippen LogP contribution in [0.3, 0.4) is 0 Å². The van der Waals surface area contributed by atoms with Crippen LogP contribution in [-0.4, -0.2) is 55.8 Å². The standard InChI is InChI=1S/C20H27N3O/c1-16-4-2-6-18-19(7-8-21-20(16)18)23-9-3-5-17(15-23)14-22-10-12-24-13-11-22/h2,4,6-8,17H,3,5,9-15H2,1H3. The van der Waals surface area contributed by atoms with Gasteiger partial charge in [0.2, 0.25) is 0 Å². The molecule has 1 aromatic carbocycles. The Hall–Kier alpha value is -1.65. The van der Waals surface area contributed by atoms with Gasteiger partial charge >= 0.3 is 0 Å². The van der Waals surface area contributed by atoms with Gasteiger partial charge in [-0.05, 0) is 37.3 Å². The van der Waals surface area contributed by atoms with Gasteiger partial charge in [0.15, 0.2) is 0 Å². The van der Waals surface area contributed by atoms with Gasteiger partial charge in [-0.25, -0.2) is 0 Å². The predicted molar refractivity (Wildman–Crippen MR) is 98.7 cm³/mol. The van der Waals surface area contributed by atoms with E-state index in [9.17, 15) is 0 Å². The number of hydrogen-bond acceptors (Lipinski definition) is 4. The van der Waals surface area contributed by atoms with Gasteiger partial charge in [0.25, 0.3) is 0 Å². The molecule has 2 aliphatic heterocycles. The number of benzene rings is 1. The highest BCUT2D eigenvalue weighted by Gasteiger charge is 2.24. The molecular formula is C20H27N3O. The number of morpholine rings is 1. The van der Waals surface area contributed by atoms with E-state index in [1.54, 1.807) is 0 Å². The first kappa shape index (κ1) is 15.9. The van der Waals surface area contributed by atoms with Crippen LogP contribution < -0.4 is 4.90 Å². The Bertz CT molecular complexity index is 696. The van der Waals surface area contributed by atoms with E-state index in [4.69, 9.17) is 4.74 Å². The van der Waals surface area contributed by atoms with Gasteiger partial charge in [0.1, 0.15) is 0 Å². The molecule has 1 atom stereocenters. The molecular weight excluding hydrogens is 298 g/mol. The molecule has 2 saturated heterocycles. The monoisotopic (exact) mass is 325 g/mol. The van der Waals surface area contributed by atoms with Crippen molar-refractivity contribution in [1.29, 1.82) is 0 Å². The van der Waals surface area contributed by atoms with Crippen molar-refractivity contribution in [2.75, 3.05) is 50.8 Å². The minimum atomic E-state index is 0.755. The van der Waals surface area contributed by atoms with Gasteiger partial charge in [0, 0.05) is 50.0 Å². The van der Waals surface area contributed by atoms with E-state index in [-0.39, 0.29) is 0 Å². The largest absolute Gasteiger partial charge is 0.379 e. The maximum absolute atomic E-state index is 5.48. The first-order valence-corrected chi connectivity index (χ1v) is 9.20. The maximum atomic E-state index is 5.48. The first-order valence-electron chi connectivity index (χ1n) is 9.20. The number of para-hydroxylation sites is 1. The van der Waals surface area contributed by atoms with Crippen molar-refractivity contribution in [2.45, 2.75) is 19.8 Å². The number of pyridine rings is 1. The summed E-state index contributed by atoms with van der Waals surface area (Å²) >= 11 is 0. The van der Waals surface area contributed by atoms with Crippen molar-refractivity contribution in [3.8, 4) is 0 Å². The summed E-state index contributed by atoms with van der Waals surface area (Å²) in [5, 5.41) is 1.30. The summed E-state index contributed by atoms with van der Waals surface area (Å²) in [5.41, 5.74) is 3.76. The lowest BCUT2D eigenvalue weighted by molar-refractivity contribution is 0.0296. The average molecular weight is 325 g/mol. The van der Waals surface area contributed by atoms with Crippen LogP contribution in [0.4, 0.5) is 5.69 Å². The van der Waals surface area contributed by atoms with Crippen LogP contribution in [0, 0.1) is 12.8 Å². The van der Waals surface area contributed by atoms with Crippen molar-refractivity contribution in [3.63, 3.8) is 0 Å². The summed E-state index contributed by atoms with van der Waals surface area (Å²) < 4.78 is 5.48. The number of piperidine rings is 1. The lowest BCUT2D eigenvalue weighted by Crippen LogP contribution is -2.44. The zero-order valence-electron chi connectivity index (χ0n) is 14.6. The zero-order valence-corrected chi connectivity index (χ0v) is 14.6. The fourth-order valence-electron chi connectivity index (χ4n) is 4.17. The molecule has 0 aliphatic carbocycles. The predicted octanol–water partition coefficient (Wildman–Crippen LogP) is 3.09. The third kappa shape index (κ3) is 3.26. The molecule has 3 heterocycles. The summed E-state index contributed by atoms with van der Waals surface area (Å²) in [4.78, 5) is 9.76. The average Bonchev–Trinajstić information content (AvgIpc) is 2.63. The molecule has 0 saturated carbocycles. The van der Waals surface area contributed by atoms with E-state index in [2.05, 4.69) is 46.0 Å². The summed E-state index contributed by atoms with van der Waals surface area (Å²) in [6.45, 7) is 9.65. The molecule has 1 aromatic heterocycles. The van der Waals surface area contributed by atoms with Crippen molar-refractivity contribution in [3.05, 3.63) is 36.0 Å². The van der Waals surface area contributed by atoms with Crippen LogP contribution >= 0.6 is 0 Å². The molecule has 0 amide bonds. The van der Waals surface area contributed by atoms with Gasteiger partial charge in [-0.1, -0.05) is 18.2 Å². The number of aryl methyl sites for hydroxylation is 1. The van der Waals surface area contributed by atoms with Crippen LogP contribution in [0.1, 0.15) is 18.4 Å². The number of ether oxygens (including phenoxy) is 1. The molecule has 2 fully saturated rings. The van der Waals surface area contributed by atoms with E-state index < -0.39 is 0 Å². The molecule has 1 unspecified atom stereocenters. The van der Waals surface area contributed by atoms with Crippen LogP contribution in [0.5, 0.6) is 0 Å². The van der Waals surface area contributed by atoms with Crippen LogP contribution in [0.25, 0.3) is 10.9 Å². The molecule has 0 spiro atoms. The molecule has 4 heteroatoms. The smallest absolute Gasteiger partial charge is 0.0751 e. The fraction of sp³-hybridized carbons (Fsp3) is 0.550. The summed E-state index contributed by atoms with van der Waals surface area (Å²) in [7, 11) is 0. The lowest BCUT2D eigenvalue weighted by atomic mass is 9.96. The lowest BCUT2D eigenvalue weighted by Gasteiger charge is -2.38. The Morgan fingerprint density at radius 2 is 2.04 bits per heavy atom. The van der Waals surface area contributed by atoms with E-state index in [1.165, 1.54) is 36.0 Å². The second kappa shape index (κ2) is 7.08. The molecule has 2 aliphatic rings. The van der Waals surface area contributed by atoms with Gasteiger partial charge in [-0.3, -0.25) is 9.88 Å². The number of fused-ring (bicyclic) bond motifs is 1. The quantitative estimate of drug-likeness (QED) is 0.867. The third-order valence-corrected chi connectivity index (χ3v) is 5.43. The molecule has 24 heavy (non-hydrogen) atoms. The fourth-order valence-corrected chi connectivity index (χ4v) is 4.17. The number of anilines is 1. The second-order valence-electron chi connectivity index (χ2n) is 7.17. The van der Waals surface area contributed by atoms with E-state index >= 15 is 0 Å². The topological polar surface area (TPSA) is 28.6 Å². The molecule has 128 valence electrons. The number of nitrogens with zero attached hydrogens (tertiary/aromatic N) is 3. The third-order valence-electron chi connectivity index (χ3n) is 5.43. The minimum Gasteiger partial charge on any atom is -0.379 e. The SMILES string of the molecule is Cc1cccc2c(N3CCCC(CN4CCOCC4)C3)ccnc12. The molecule has 0 bridgehead atoms. The highest BCUT2D eigenvalue weighted by molar-refractivity contribution is 5.93. The first-order chi connectivity index (χ1) is 11.8. The van der Waals surface area contributed by atoms with Gasteiger partial charge < -0.3 is 9.64 Å². The van der Waals surface area contributed by atoms with Crippen LogP contribution in [0.2, 0.25) is 0 Å². The van der Waals surface area contributed by atoms with Crippen molar-refractivity contribution < 1.29 is 4.74 Å². The highest BCUT2D eigenvalue weighted by atomic mass is 16.5. The maximum Gasteiger partial charge on any atom is 0.0751 e.